The highest BCUT2D eigenvalue weighted by molar-refractivity contribution is 6.29. The number of fused-ring (bicyclic) bond motifs is 3. The second-order valence-corrected chi connectivity index (χ2v) is 9.85. The summed E-state index contributed by atoms with van der Waals surface area (Å²) < 4.78 is 47.7. The number of benzene rings is 1. The number of alkyl halides is 3. The van der Waals surface area contributed by atoms with Gasteiger partial charge < -0.3 is 20.1 Å². The van der Waals surface area contributed by atoms with Crippen molar-refractivity contribution in [3.63, 3.8) is 0 Å². The first kappa shape index (κ1) is 26.0. The Labute approximate surface area is 220 Å². The largest absolute Gasteiger partial charge is 0.476 e. The van der Waals surface area contributed by atoms with Crippen LogP contribution in [-0.4, -0.2) is 57.2 Å². The van der Waals surface area contributed by atoms with E-state index in [1.165, 1.54) is 16.5 Å². The quantitative estimate of drug-likeness (QED) is 0.303. The number of hydrogen-bond donors (Lipinski definition) is 2. The summed E-state index contributed by atoms with van der Waals surface area (Å²) in [5.74, 6) is -0.709. The predicted octanol–water partition coefficient (Wildman–Crippen LogP) is 5.21. The summed E-state index contributed by atoms with van der Waals surface area (Å²) in [4.78, 5) is 26.2. The molecular formula is C25H24ClF3N6O3. The number of aromatic carboxylic acids is 1. The molecule has 0 unspecified atom stereocenters. The van der Waals surface area contributed by atoms with E-state index in [0.29, 0.717) is 42.2 Å². The molecular weight excluding hydrogens is 525 g/mol. The minimum atomic E-state index is -4.63. The zero-order valence-corrected chi connectivity index (χ0v) is 21.4. The van der Waals surface area contributed by atoms with Gasteiger partial charge in [-0.15, -0.1) is 0 Å². The molecule has 1 aliphatic heterocycles. The average molecular weight is 549 g/mol. The van der Waals surface area contributed by atoms with Crippen LogP contribution in [0.3, 0.4) is 0 Å². The van der Waals surface area contributed by atoms with Crippen LogP contribution in [-0.2, 0) is 10.9 Å². The van der Waals surface area contributed by atoms with Gasteiger partial charge in [0.05, 0.1) is 30.5 Å². The number of hydrogen-bond acceptors (Lipinski definition) is 7. The number of carbonyl (C=O) groups is 1. The summed E-state index contributed by atoms with van der Waals surface area (Å²) in [5.41, 5.74) is 1.00. The standard InChI is InChI=1S/C25H24ClF3N6O3/c1-12-6-15(13(2)30-17-4-5-19(26)32-21(17)23(36)37)20-16(7-12)22-31-18(25(27,28)29)9-35(22)24(33-20)34(3)8-14-10-38-11-14/h4-7,9,13-14,30H,8,10-11H2,1-3H3,(H,36,37)/t13-/m1/s1. The Morgan fingerprint density at radius 2 is 2.03 bits per heavy atom. The van der Waals surface area contributed by atoms with Crippen molar-refractivity contribution >= 4 is 45.8 Å². The fraction of sp³-hybridized carbons (Fsp3) is 0.360. The number of ether oxygens (including phenoxy) is 1. The number of carboxylic acids is 1. The number of imidazole rings is 1. The highest BCUT2D eigenvalue weighted by Crippen LogP contribution is 2.35. The number of aromatic nitrogens is 4. The fourth-order valence-electron chi connectivity index (χ4n) is 4.60. The molecule has 0 amide bonds. The van der Waals surface area contributed by atoms with Gasteiger partial charge in [0, 0.05) is 36.7 Å². The van der Waals surface area contributed by atoms with Crippen molar-refractivity contribution in [1.29, 1.82) is 0 Å². The van der Waals surface area contributed by atoms with E-state index in [9.17, 15) is 23.1 Å². The molecule has 4 aromatic rings. The van der Waals surface area contributed by atoms with Gasteiger partial charge in [0.25, 0.3) is 0 Å². The van der Waals surface area contributed by atoms with Crippen molar-refractivity contribution in [1.82, 2.24) is 19.4 Å². The Morgan fingerprint density at radius 1 is 1.29 bits per heavy atom. The van der Waals surface area contributed by atoms with Crippen LogP contribution in [0.5, 0.6) is 0 Å². The molecule has 0 spiro atoms. The minimum Gasteiger partial charge on any atom is -0.476 e. The Balaban J connectivity index is 1.68. The van der Waals surface area contributed by atoms with Gasteiger partial charge in [0.1, 0.15) is 10.8 Å². The van der Waals surface area contributed by atoms with E-state index < -0.39 is 23.9 Å². The van der Waals surface area contributed by atoms with Crippen LogP contribution in [0.15, 0.2) is 30.5 Å². The SMILES string of the molecule is Cc1cc([C@@H](C)Nc2ccc(Cl)nc2C(=O)O)c2nc(N(C)CC3COC3)n3cc(C(F)(F)F)nc3c2c1. The lowest BCUT2D eigenvalue weighted by Gasteiger charge is -2.31. The molecule has 1 saturated heterocycles. The second-order valence-electron chi connectivity index (χ2n) is 9.46. The summed E-state index contributed by atoms with van der Waals surface area (Å²) >= 11 is 5.89. The van der Waals surface area contributed by atoms with Crippen LogP contribution in [0.4, 0.5) is 24.8 Å². The molecule has 0 aliphatic carbocycles. The molecule has 1 aromatic carbocycles. The number of halogens is 4. The molecule has 1 fully saturated rings. The van der Waals surface area contributed by atoms with E-state index in [4.69, 9.17) is 21.3 Å². The number of nitrogens with one attached hydrogen (secondary N) is 1. The number of carboxylic acid groups (broad SMARTS) is 1. The molecule has 9 nitrogen and oxygen atoms in total. The van der Waals surface area contributed by atoms with Crippen molar-refractivity contribution in [3.05, 3.63) is 58.1 Å². The molecule has 0 saturated carbocycles. The topological polar surface area (TPSA) is 105 Å². The Kier molecular flexibility index (Phi) is 6.56. The zero-order chi connectivity index (χ0) is 27.4. The molecule has 13 heteroatoms. The summed E-state index contributed by atoms with van der Waals surface area (Å²) in [6.07, 6.45) is -3.67. The maximum atomic E-state index is 13.7. The van der Waals surface area contributed by atoms with Crippen molar-refractivity contribution in [2.75, 3.05) is 37.0 Å². The molecule has 2 N–H and O–H groups in total. The van der Waals surface area contributed by atoms with E-state index in [2.05, 4.69) is 15.3 Å². The van der Waals surface area contributed by atoms with Gasteiger partial charge in [-0.05, 0) is 37.6 Å². The molecule has 4 heterocycles. The minimum absolute atomic E-state index is 0.0370. The monoisotopic (exact) mass is 548 g/mol. The van der Waals surface area contributed by atoms with E-state index in [1.807, 2.05) is 19.9 Å². The maximum Gasteiger partial charge on any atom is 0.434 e. The fourth-order valence-corrected chi connectivity index (χ4v) is 4.75. The first-order chi connectivity index (χ1) is 17.9. The van der Waals surface area contributed by atoms with E-state index in [0.717, 1.165) is 11.8 Å². The Morgan fingerprint density at radius 3 is 2.66 bits per heavy atom. The summed E-state index contributed by atoms with van der Waals surface area (Å²) in [7, 11) is 1.77. The zero-order valence-electron chi connectivity index (χ0n) is 20.7. The van der Waals surface area contributed by atoms with Crippen LogP contribution in [0.25, 0.3) is 16.6 Å². The van der Waals surface area contributed by atoms with Gasteiger partial charge in [0.2, 0.25) is 5.95 Å². The van der Waals surface area contributed by atoms with E-state index in [-0.39, 0.29) is 28.1 Å². The first-order valence-electron chi connectivity index (χ1n) is 11.8. The van der Waals surface area contributed by atoms with Crippen molar-refractivity contribution in [2.24, 2.45) is 5.92 Å². The van der Waals surface area contributed by atoms with Crippen molar-refractivity contribution < 1.29 is 27.8 Å². The van der Waals surface area contributed by atoms with Crippen LogP contribution < -0.4 is 10.2 Å². The van der Waals surface area contributed by atoms with Gasteiger partial charge in [-0.25, -0.2) is 19.7 Å². The summed E-state index contributed by atoms with van der Waals surface area (Å²) in [6, 6.07) is 6.10. The first-order valence-corrected chi connectivity index (χ1v) is 12.2. The smallest absolute Gasteiger partial charge is 0.434 e. The Hall–Kier alpha value is -3.64. The molecule has 0 bridgehead atoms. The number of anilines is 2. The van der Waals surface area contributed by atoms with Crippen LogP contribution in [0, 0.1) is 12.8 Å². The van der Waals surface area contributed by atoms with E-state index >= 15 is 0 Å². The van der Waals surface area contributed by atoms with E-state index in [1.54, 1.807) is 18.0 Å². The lowest BCUT2D eigenvalue weighted by molar-refractivity contribution is -0.140. The van der Waals surface area contributed by atoms with Gasteiger partial charge in [-0.1, -0.05) is 17.7 Å². The number of nitrogens with zero attached hydrogens (tertiary/aromatic N) is 5. The number of aryl methyl sites for hydroxylation is 1. The van der Waals surface area contributed by atoms with Gasteiger partial charge >= 0.3 is 12.1 Å². The molecule has 38 heavy (non-hydrogen) atoms. The lowest BCUT2D eigenvalue weighted by Crippen LogP contribution is -2.38. The number of pyridine rings is 1. The third kappa shape index (κ3) is 4.81. The predicted molar refractivity (Wildman–Crippen MR) is 136 cm³/mol. The third-order valence-corrected chi connectivity index (χ3v) is 6.64. The van der Waals surface area contributed by atoms with Crippen molar-refractivity contribution in [2.45, 2.75) is 26.1 Å². The third-order valence-electron chi connectivity index (χ3n) is 6.43. The summed E-state index contributed by atoms with van der Waals surface area (Å²) in [5, 5.41) is 13.2. The molecule has 3 aromatic heterocycles. The lowest BCUT2D eigenvalue weighted by atomic mass is 10.0. The average Bonchev–Trinajstić information content (AvgIpc) is 3.28. The molecule has 1 aliphatic rings. The van der Waals surface area contributed by atoms with Gasteiger partial charge in [0.15, 0.2) is 11.4 Å². The molecule has 1 atom stereocenters. The van der Waals surface area contributed by atoms with Crippen LogP contribution >= 0.6 is 11.6 Å². The maximum absolute atomic E-state index is 13.7. The highest BCUT2D eigenvalue weighted by atomic mass is 35.5. The second kappa shape index (κ2) is 9.59. The number of rotatable bonds is 7. The van der Waals surface area contributed by atoms with Crippen molar-refractivity contribution in [3.8, 4) is 0 Å². The van der Waals surface area contributed by atoms with Crippen LogP contribution in [0.1, 0.15) is 40.3 Å². The van der Waals surface area contributed by atoms with Gasteiger partial charge in [-0.2, -0.15) is 13.2 Å². The molecule has 200 valence electrons. The van der Waals surface area contributed by atoms with Crippen LogP contribution in [0.2, 0.25) is 5.15 Å². The summed E-state index contributed by atoms with van der Waals surface area (Å²) in [6.45, 7) is 5.32. The highest BCUT2D eigenvalue weighted by Gasteiger charge is 2.35. The van der Waals surface area contributed by atoms with Gasteiger partial charge in [-0.3, -0.25) is 4.40 Å². The molecule has 0 radical (unpaired) electrons. The normalized spacial score (nSPS) is 15.0. The molecule has 5 rings (SSSR count). The Bertz CT molecular complexity index is 1550.